The molecule has 0 bridgehead atoms. The lowest BCUT2D eigenvalue weighted by molar-refractivity contribution is 1.17. The minimum Gasteiger partial charge on any atom is -0.379 e. The van der Waals surface area contributed by atoms with E-state index in [0.717, 1.165) is 23.1 Å². The molecule has 0 fully saturated rings. The molecule has 0 amide bonds. The van der Waals surface area contributed by atoms with Gasteiger partial charge in [-0.15, -0.1) is 11.3 Å². The molecule has 2 aromatic rings. The van der Waals surface area contributed by atoms with E-state index in [0.29, 0.717) is 5.15 Å². The number of rotatable bonds is 4. The van der Waals surface area contributed by atoms with Crippen molar-refractivity contribution in [2.75, 3.05) is 5.32 Å². The molecular weight excluding hydrogens is 320 g/mol. The third-order valence-electron chi connectivity index (χ3n) is 2.33. The van der Waals surface area contributed by atoms with Crippen molar-refractivity contribution in [3.63, 3.8) is 0 Å². The zero-order chi connectivity index (χ0) is 12.3. The van der Waals surface area contributed by atoms with E-state index in [-0.39, 0.29) is 0 Å². The monoisotopic (exact) mass is 330 g/mol. The molecule has 2 heterocycles. The first-order valence-electron chi connectivity index (χ1n) is 5.31. The summed E-state index contributed by atoms with van der Waals surface area (Å²) in [6.07, 6.45) is 2.83. The van der Waals surface area contributed by atoms with Crippen LogP contribution in [0.1, 0.15) is 16.7 Å². The van der Waals surface area contributed by atoms with Crippen molar-refractivity contribution < 1.29 is 0 Å². The Balaban J connectivity index is 1.99. The number of pyridine rings is 1. The fourth-order valence-electron chi connectivity index (χ4n) is 1.41. The molecule has 0 atom stereocenters. The number of aromatic nitrogens is 1. The summed E-state index contributed by atoms with van der Waals surface area (Å²) in [5.74, 6) is 0. The third kappa shape index (κ3) is 3.44. The van der Waals surface area contributed by atoms with Crippen molar-refractivity contribution in [2.24, 2.45) is 0 Å². The average molecular weight is 332 g/mol. The van der Waals surface area contributed by atoms with E-state index in [2.05, 4.69) is 45.3 Å². The van der Waals surface area contributed by atoms with Crippen LogP contribution in [0.25, 0.3) is 0 Å². The maximum absolute atomic E-state index is 5.84. The Morgan fingerprint density at radius 1 is 1.41 bits per heavy atom. The van der Waals surface area contributed by atoms with Crippen LogP contribution in [0.5, 0.6) is 0 Å². The number of nitrogens with zero attached hydrogens (tertiary/aromatic N) is 1. The van der Waals surface area contributed by atoms with Gasteiger partial charge in [-0.2, -0.15) is 0 Å². The molecule has 0 radical (unpaired) electrons. The van der Waals surface area contributed by atoms with E-state index in [1.54, 1.807) is 6.20 Å². The van der Waals surface area contributed by atoms with Crippen LogP contribution in [0.2, 0.25) is 5.15 Å². The maximum atomic E-state index is 5.84. The minimum absolute atomic E-state index is 0.486. The van der Waals surface area contributed by atoms with Crippen LogP contribution >= 0.6 is 38.9 Å². The molecule has 0 unspecified atom stereocenters. The summed E-state index contributed by atoms with van der Waals surface area (Å²) in [7, 11) is 0. The van der Waals surface area contributed by atoms with Crippen LogP contribution in [0, 0.1) is 0 Å². The van der Waals surface area contributed by atoms with Crippen LogP contribution < -0.4 is 5.32 Å². The predicted octanol–water partition coefficient (Wildman–Crippen LogP) is 4.73. The summed E-state index contributed by atoms with van der Waals surface area (Å²) in [6, 6.07) is 6.27. The van der Waals surface area contributed by atoms with E-state index in [1.165, 1.54) is 9.75 Å². The highest BCUT2D eigenvalue weighted by molar-refractivity contribution is 9.10. The highest BCUT2D eigenvalue weighted by Crippen LogP contribution is 2.24. The van der Waals surface area contributed by atoms with Gasteiger partial charge in [0.1, 0.15) is 5.15 Å². The first-order valence-corrected chi connectivity index (χ1v) is 7.30. The fourth-order valence-corrected chi connectivity index (χ4v) is 2.76. The van der Waals surface area contributed by atoms with E-state index in [9.17, 15) is 0 Å². The molecule has 0 aromatic carbocycles. The lowest BCUT2D eigenvalue weighted by Crippen LogP contribution is -1.97. The number of anilines is 1. The molecule has 1 N–H and O–H groups in total. The lowest BCUT2D eigenvalue weighted by atomic mass is 10.3. The van der Waals surface area contributed by atoms with Crippen LogP contribution in [-0.4, -0.2) is 4.98 Å². The van der Waals surface area contributed by atoms with Crippen LogP contribution in [-0.2, 0) is 13.0 Å². The Morgan fingerprint density at radius 2 is 2.18 bits per heavy atom. The average Bonchev–Trinajstić information content (AvgIpc) is 2.79. The van der Waals surface area contributed by atoms with Crippen molar-refractivity contribution >= 4 is 44.6 Å². The molecule has 0 aliphatic heterocycles. The predicted molar refractivity (Wildman–Crippen MR) is 78.0 cm³/mol. The summed E-state index contributed by atoms with van der Waals surface area (Å²) in [4.78, 5) is 6.81. The zero-order valence-corrected chi connectivity index (χ0v) is 12.5. The number of aryl methyl sites for hydroxylation is 1. The molecule has 0 spiro atoms. The fraction of sp³-hybridized carbons (Fsp3) is 0.250. The van der Waals surface area contributed by atoms with Crippen molar-refractivity contribution in [3.8, 4) is 0 Å². The summed E-state index contributed by atoms with van der Waals surface area (Å²) in [5.41, 5.74) is 0.965. The topological polar surface area (TPSA) is 24.9 Å². The number of hydrogen-bond acceptors (Lipinski definition) is 3. The largest absolute Gasteiger partial charge is 0.379 e. The summed E-state index contributed by atoms with van der Waals surface area (Å²) >= 11 is 11.0. The molecule has 2 rings (SSSR count). The van der Waals surface area contributed by atoms with Gasteiger partial charge in [0.25, 0.3) is 0 Å². The first kappa shape index (κ1) is 12.9. The van der Waals surface area contributed by atoms with E-state index < -0.39 is 0 Å². The summed E-state index contributed by atoms with van der Waals surface area (Å²) in [5, 5.41) is 3.81. The second-order valence-electron chi connectivity index (χ2n) is 3.57. The molecule has 2 nitrogen and oxygen atoms in total. The van der Waals surface area contributed by atoms with E-state index >= 15 is 0 Å². The van der Waals surface area contributed by atoms with Gasteiger partial charge in [0.15, 0.2) is 0 Å². The Bertz CT molecular complexity index is 513. The van der Waals surface area contributed by atoms with Gasteiger partial charge in [-0.25, -0.2) is 4.98 Å². The summed E-state index contributed by atoms with van der Waals surface area (Å²) in [6.45, 7) is 2.99. The third-order valence-corrected chi connectivity index (χ3v) is 4.69. The van der Waals surface area contributed by atoms with Gasteiger partial charge in [-0.3, -0.25) is 0 Å². The van der Waals surface area contributed by atoms with Crippen molar-refractivity contribution in [2.45, 2.75) is 19.9 Å². The highest BCUT2D eigenvalue weighted by Gasteiger charge is 2.02. The van der Waals surface area contributed by atoms with Gasteiger partial charge < -0.3 is 5.32 Å². The molecule has 0 aliphatic rings. The van der Waals surface area contributed by atoms with E-state index in [4.69, 9.17) is 11.6 Å². The first-order chi connectivity index (χ1) is 8.19. The molecular formula is C12H12BrClN2S. The van der Waals surface area contributed by atoms with Gasteiger partial charge >= 0.3 is 0 Å². The van der Waals surface area contributed by atoms with Crippen molar-refractivity contribution in [3.05, 3.63) is 43.8 Å². The number of nitrogens with one attached hydrogen (secondary N) is 1. The van der Waals surface area contributed by atoms with Crippen LogP contribution in [0.3, 0.4) is 0 Å². The molecule has 0 saturated heterocycles. The van der Waals surface area contributed by atoms with Crippen LogP contribution in [0.15, 0.2) is 28.9 Å². The standard InChI is InChI=1S/C12H12BrClN2S/c1-2-9-3-4-10(17-9)7-15-8-5-11(13)12(14)16-6-8/h3-6,15H,2,7H2,1H3. The Labute approximate surface area is 118 Å². The summed E-state index contributed by atoms with van der Waals surface area (Å²) < 4.78 is 0.810. The van der Waals surface area contributed by atoms with Crippen molar-refractivity contribution in [1.29, 1.82) is 0 Å². The number of hydrogen-bond donors (Lipinski definition) is 1. The number of halogens is 2. The van der Waals surface area contributed by atoms with E-state index in [1.807, 2.05) is 17.4 Å². The lowest BCUT2D eigenvalue weighted by Gasteiger charge is -2.05. The quantitative estimate of drug-likeness (QED) is 0.819. The SMILES string of the molecule is CCc1ccc(CNc2cnc(Cl)c(Br)c2)s1. The molecule has 0 aliphatic carbocycles. The maximum Gasteiger partial charge on any atom is 0.143 e. The van der Waals surface area contributed by atoms with Gasteiger partial charge in [-0.05, 0) is 40.5 Å². The molecule has 0 saturated carbocycles. The molecule has 90 valence electrons. The molecule has 17 heavy (non-hydrogen) atoms. The van der Waals surface area contributed by atoms with Gasteiger partial charge in [0.2, 0.25) is 0 Å². The minimum atomic E-state index is 0.486. The normalized spacial score (nSPS) is 10.5. The smallest absolute Gasteiger partial charge is 0.143 e. The second-order valence-corrected chi connectivity index (χ2v) is 6.04. The Hall–Kier alpha value is -0.580. The van der Waals surface area contributed by atoms with Gasteiger partial charge in [-0.1, -0.05) is 18.5 Å². The van der Waals surface area contributed by atoms with Crippen LogP contribution in [0.4, 0.5) is 5.69 Å². The van der Waals surface area contributed by atoms with Crippen molar-refractivity contribution in [1.82, 2.24) is 4.98 Å². The van der Waals surface area contributed by atoms with Gasteiger partial charge in [0.05, 0.1) is 16.4 Å². The molecule has 2 aromatic heterocycles. The highest BCUT2D eigenvalue weighted by atomic mass is 79.9. The zero-order valence-electron chi connectivity index (χ0n) is 9.34. The number of thiophene rings is 1. The molecule has 5 heteroatoms. The Morgan fingerprint density at radius 3 is 2.82 bits per heavy atom. The van der Waals surface area contributed by atoms with Gasteiger partial charge in [0, 0.05) is 16.3 Å². The second kappa shape index (κ2) is 5.85. The Kier molecular flexibility index (Phi) is 4.42.